The Balaban J connectivity index is 1.05. The predicted molar refractivity (Wildman–Crippen MR) is 273 cm³/mol. The Hall–Kier alpha value is 0. The second kappa shape index (κ2) is 8.29. The lowest BCUT2D eigenvalue weighted by atomic mass is 8.75. The molecule has 13 rings (SSSR count). The molecule has 366 valence electrons. The quantitative estimate of drug-likeness (QED) is 0.242. The van der Waals surface area contributed by atoms with Crippen LogP contribution in [0.25, 0.3) is 0 Å². The fraction of sp³-hybridized carbons (Fsp3) is 1.00. The summed E-state index contributed by atoms with van der Waals surface area (Å²) in [4.78, 5) is 0. The first-order valence-electron chi connectivity index (χ1n) is 28.3. The average molecular weight is 888 g/mol. The highest BCUT2D eigenvalue weighted by Gasteiger charge is 3.28. The lowest BCUT2D eigenvalue weighted by Gasteiger charge is -3.28. The van der Waals surface area contributed by atoms with Gasteiger partial charge in [-0.3, -0.25) is 0 Å². The minimum atomic E-state index is 0.160. The van der Waals surface area contributed by atoms with Crippen molar-refractivity contribution in [2.75, 3.05) is 0 Å². The van der Waals surface area contributed by atoms with Gasteiger partial charge in [-0.2, -0.15) is 0 Å². The standard InChI is InChI=1S/C65H106/c1-36(2)41(10)39(7,8)44(13)46(15,42(41,11)37(3)4)50(19)48(44,17)52(21)54(50,23)58(27)56(52,25)60(29)62(58,31)65(34)61(30)57(26)53(22)49(18)45(14)40(9)35-38(5,6)43(40,12)47(45,16)51(49,20)55(53,24)59(57,28)63(61,32)64(60,65)33/h36-37H,35H2,1-34H3. The first-order chi connectivity index (χ1) is 28.3. The Bertz CT molecular complexity index is 2590. The summed E-state index contributed by atoms with van der Waals surface area (Å²) in [5.41, 5.74) is 6.82. The molecule has 0 N–H and O–H groups in total. The lowest BCUT2D eigenvalue weighted by Crippen LogP contribution is -3.25. The highest BCUT2D eigenvalue weighted by molar-refractivity contribution is 5.74. The monoisotopic (exact) mass is 887 g/mol. The highest BCUT2D eigenvalue weighted by atomic mass is 15.3. The van der Waals surface area contributed by atoms with Gasteiger partial charge < -0.3 is 0 Å². The topological polar surface area (TPSA) is 0 Å². The van der Waals surface area contributed by atoms with E-state index in [0.717, 1.165) is 0 Å². The van der Waals surface area contributed by atoms with Crippen LogP contribution in [0.2, 0.25) is 0 Å². The number of hydrogen-bond acceptors (Lipinski definition) is 0. The highest BCUT2D eigenvalue weighted by Crippen LogP contribution is 3.31. The van der Waals surface area contributed by atoms with E-state index in [-0.39, 0.29) is 119 Å². The Morgan fingerprint density at radius 3 is 0.600 bits per heavy atom. The summed E-state index contributed by atoms with van der Waals surface area (Å²) in [6.07, 6.45) is 1.39. The van der Waals surface area contributed by atoms with E-state index < -0.39 is 0 Å². The summed E-state index contributed by atoms with van der Waals surface area (Å²) >= 11 is 0. The molecule has 0 aromatic heterocycles. The molecule has 0 amide bonds. The minimum Gasteiger partial charge on any atom is -0.0622 e. The molecule has 0 bridgehead atoms. The van der Waals surface area contributed by atoms with Crippen LogP contribution in [0.5, 0.6) is 0 Å². The van der Waals surface area contributed by atoms with Crippen molar-refractivity contribution < 1.29 is 0 Å². The maximum atomic E-state index is 2.99. The molecule has 0 radical (unpaired) electrons. The van der Waals surface area contributed by atoms with Crippen molar-refractivity contribution in [3.63, 3.8) is 0 Å². The van der Waals surface area contributed by atoms with E-state index >= 15 is 0 Å². The van der Waals surface area contributed by atoms with E-state index in [2.05, 4.69) is 235 Å². The van der Waals surface area contributed by atoms with Gasteiger partial charge in [0.05, 0.1) is 0 Å². The third-order valence-corrected chi connectivity index (χ3v) is 43.3. The zero-order chi connectivity index (χ0) is 49.9. The summed E-state index contributed by atoms with van der Waals surface area (Å²) in [6, 6.07) is 0. The Morgan fingerprint density at radius 2 is 0.385 bits per heavy atom. The van der Waals surface area contributed by atoms with Gasteiger partial charge in [-0.25, -0.2) is 0 Å². The van der Waals surface area contributed by atoms with Gasteiger partial charge in [0.15, 0.2) is 0 Å². The summed E-state index contributed by atoms with van der Waals surface area (Å²) < 4.78 is 0. The van der Waals surface area contributed by atoms with Gasteiger partial charge in [0, 0.05) is 0 Å². The van der Waals surface area contributed by atoms with Gasteiger partial charge in [0.25, 0.3) is 0 Å². The lowest BCUT2D eigenvalue weighted by molar-refractivity contribution is -0.819. The molecule has 0 aliphatic heterocycles. The molecule has 65 heavy (non-hydrogen) atoms. The molecule has 13 saturated carbocycles. The molecule has 0 aromatic rings. The van der Waals surface area contributed by atoms with Gasteiger partial charge in [0.1, 0.15) is 0 Å². The molecule has 13 fully saturated rings. The minimum absolute atomic E-state index is 0.160. The van der Waals surface area contributed by atoms with Crippen molar-refractivity contribution in [2.24, 2.45) is 163 Å². The van der Waals surface area contributed by atoms with E-state index in [4.69, 9.17) is 0 Å². The molecule has 0 nitrogen and oxygen atoms in total. The zero-order valence-corrected chi connectivity index (χ0v) is 49.9. The zero-order valence-electron chi connectivity index (χ0n) is 49.9. The second-order valence-electron chi connectivity index (χ2n) is 35.6. The Kier molecular flexibility index (Phi) is 5.73. The van der Waals surface area contributed by atoms with E-state index in [1.54, 1.807) is 0 Å². The third kappa shape index (κ3) is 1.81. The maximum Gasteiger partial charge on any atom is -0.0130 e. The molecule has 26 unspecified atom stereocenters. The smallest absolute Gasteiger partial charge is 0.0130 e. The van der Waals surface area contributed by atoms with Crippen molar-refractivity contribution in [3.8, 4) is 0 Å². The molecular weight excluding hydrogens is 781 g/mol. The summed E-state index contributed by atoms with van der Waals surface area (Å²) in [5.74, 6) is 1.20. The van der Waals surface area contributed by atoms with Crippen molar-refractivity contribution in [1.29, 1.82) is 0 Å². The molecule has 0 aromatic carbocycles. The summed E-state index contributed by atoms with van der Waals surface area (Å²) in [6.45, 7) is 97.8. The van der Waals surface area contributed by atoms with E-state index in [9.17, 15) is 0 Å². The fourth-order valence-electron chi connectivity index (χ4n) is 40.7. The predicted octanol–water partition coefficient (Wildman–Crippen LogP) is 18.1. The summed E-state index contributed by atoms with van der Waals surface area (Å²) in [5, 5.41) is 0. The molecule has 26 atom stereocenters. The average Bonchev–Trinajstić information content (AvgIpc) is 3.32. The molecule has 0 spiro atoms. The normalized spacial score (nSPS) is 82.5. The number of rotatable bonds is 2. The van der Waals surface area contributed by atoms with Crippen LogP contribution in [-0.2, 0) is 0 Å². The second-order valence-corrected chi connectivity index (χ2v) is 35.6. The largest absolute Gasteiger partial charge is 0.0622 e. The molecule has 0 heteroatoms. The van der Waals surface area contributed by atoms with Crippen molar-refractivity contribution in [2.45, 2.75) is 242 Å². The van der Waals surface area contributed by atoms with Gasteiger partial charge in [-0.15, -0.1) is 0 Å². The van der Waals surface area contributed by atoms with Gasteiger partial charge in [0.2, 0.25) is 0 Å². The van der Waals surface area contributed by atoms with E-state index in [0.29, 0.717) is 44.3 Å². The molecule has 0 saturated heterocycles. The maximum absolute atomic E-state index is 2.99. The van der Waals surface area contributed by atoms with Crippen LogP contribution >= 0.6 is 0 Å². The van der Waals surface area contributed by atoms with Crippen LogP contribution in [0.15, 0.2) is 0 Å². The van der Waals surface area contributed by atoms with Crippen molar-refractivity contribution in [3.05, 3.63) is 0 Å². The van der Waals surface area contributed by atoms with E-state index in [1.165, 1.54) is 6.42 Å². The molecule has 13 aliphatic rings. The molecule has 0 heterocycles. The van der Waals surface area contributed by atoms with Crippen LogP contribution < -0.4 is 0 Å². The Labute approximate surface area is 403 Å². The molecule has 13 aliphatic carbocycles. The molecular formula is C65H106. The fourth-order valence-corrected chi connectivity index (χ4v) is 40.7. The van der Waals surface area contributed by atoms with Crippen LogP contribution in [0.4, 0.5) is 0 Å². The summed E-state index contributed by atoms with van der Waals surface area (Å²) in [7, 11) is 0. The van der Waals surface area contributed by atoms with E-state index in [1.807, 2.05) is 0 Å². The van der Waals surface area contributed by atoms with Crippen LogP contribution in [0, 0.1) is 163 Å². The Morgan fingerprint density at radius 1 is 0.200 bits per heavy atom. The van der Waals surface area contributed by atoms with Gasteiger partial charge in [-0.1, -0.05) is 235 Å². The van der Waals surface area contributed by atoms with Crippen LogP contribution in [0.3, 0.4) is 0 Å². The SMILES string of the molecule is CC(C)C1(C)C(C)(C)C2(C)C(C)(C1(C)C(C)C)C1(C)C2(C)C2(C)C1(C)C1(C)C2(C)C2(C)C1(C)C1(C)C3(C)C4(C)C5(C)C6(C)C7(C)C8(C)CC(C)(C)C8(C)C7(C)C6(C)C5(C)C4(C)C3(C)C21C. The first kappa shape index (κ1) is 44.9. The number of fused-ring (bicyclic) bond motifs is 34. The van der Waals surface area contributed by atoms with Crippen molar-refractivity contribution >= 4 is 0 Å². The first-order valence-corrected chi connectivity index (χ1v) is 28.3. The van der Waals surface area contributed by atoms with Crippen LogP contribution in [-0.4, -0.2) is 0 Å². The van der Waals surface area contributed by atoms with Gasteiger partial charge >= 0.3 is 0 Å². The third-order valence-electron chi connectivity index (χ3n) is 43.3. The van der Waals surface area contributed by atoms with Crippen LogP contribution in [0.1, 0.15) is 242 Å². The van der Waals surface area contributed by atoms with Crippen molar-refractivity contribution in [1.82, 2.24) is 0 Å². The van der Waals surface area contributed by atoms with Gasteiger partial charge in [-0.05, 0) is 170 Å². The number of hydrogen-bond donors (Lipinski definition) is 0.